The third kappa shape index (κ3) is 4.82. The third-order valence-electron chi connectivity index (χ3n) is 6.42. The Morgan fingerprint density at radius 2 is 1.82 bits per heavy atom. The lowest BCUT2D eigenvalue weighted by atomic mass is 10.1. The molecule has 33 heavy (non-hydrogen) atoms. The van der Waals surface area contributed by atoms with Crippen molar-refractivity contribution in [1.29, 1.82) is 0 Å². The zero-order chi connectivity index (χ0) is 22.6. The fourth-order valence-corrected chi connectivity index (χ4v) is 4.45. The summed E-state index contributed by atoms with van der Waals surface area (Å²) in [6.45, 7) is 9.99. The predicted molar refractivity (Wildman–Crippen MR) is 129 cm³/mol. The lowest BCUT2D eigenvalue weighted by Crippen LogP contribution is -2.47. The van der Waals surface area contributed by atoms with Gasteiger partial charge in [-0.3, -0.25) is 9.69 Å². The van der Waals surface area contributed by atoms with Gasteiger partial charge in [0.25, 0.3) is 0 Å². The summed E-state index contributed by atoms with van der Waals surface area (Å²) in [5.74, 6) is 2.40. The van der Waals surface area contributed by atoms with E-state index in [0.717, 1.165) is 62.9 Å². The molecule has 5 rings (SSSR count). The maximum Gasteiger partial charge on any atom is 0.200 e. The zero-order valence-electron chi connectivity index (χ0n) is 19.0. The Labute approximate surface area is 193 Å². The summed E-state index contributed by atoms with van der Waals surface area (Å²) in [4.78, 5) is 23.9. The van der Waals surface area contributed by atoms with Crippen LogP contribution in [0.5, 0.6) is 5.75 Å². The van der Waals surface area contributed by atoms with Gasteiger partial charge in [0.1, 0.15) is 23.8 Å². The minimum absolute atomic E-state index is 0.0295. The van der Waals surface area contributed by atoms with Crippen LogP contribution in [0.3, 0.4) is 0 Å². The second kappa shape index (κ2) is 9.80. The van der Waals surface area contributed by atoms with E-state index < -0.39 is 0 Å². The van der Waals surface area contributed by atoms with Gasteiger partial charge in [-0.2, -0.15) is 0 Å². The molecule has 0 amide bonds. The maximum atomic E-state index is 12.7. The predicted octanol–water partition coefficient (Wildman–Crippen LogP) is 2.53. The standard InChI is InChI=1S/C25H30N4O4/c1-19-22(32-17-12-27-8-10-28(11-9-27)23-4-2-3-7-26-23)6-5-20-21(30)18-24(33-25(19)20)29-13-15-31-16-14-29/h2-7,18H,8-17H2,1H3. The topological polar surface area (TPSA) is 71.3 Å². The Morgan fingerprint density at radius 3 is 2.58 bits per heavy atom. The van der Waals surface area contributed by atoms with Crippen LogP contribution < -0.4 is 20.0 Å². The average Bonchev–Trinajstić information content (AvgIpc) is 2.87. The smallest absolute Gasteiger partial charge is 0.200 e. The molecular weight excluding hydrogens is 420 g/mol. The van der Waals surface area contributed by atoms with Crippen LogP contribution in [0.15, 0.2) is 51.8 Å². The molecule has 2 aliphatic heterocycles. The first kappa shape index (κ1) is 21.7. The summed E-state index contributed by atoms with van der Waals surface area (Å²) in [5.41, 5.74) is 1.43. The Balaban J connectivity index is 1.21. The molecule has 174 valence electrons. The van der Waals surface area contributed by atoms with E-state index in [1.165, 1.54) is 0 Å². The highest BCUT2D eigenvalue weighted by Crippen LogP contribution is 2.29. The fourth-order valence-electron chi connectivity index (χ4n) is 4.45. The van der Waals surface area contributed by atoms with Gasteiger partial charge in [0, 0.05) is 63.6 Å². The van der Waals surface area contributed by atoms with Gasteiger partial charge in [-0.05, 0) is 31.2 Å². The highest BCUT2D eigenvalue weighted by Gasteiger charge is 2.19. The van der Waals surface area contributed by atoms with E-state index in [1.807, 2.05) is 31.3 Å². The second-order valence-electron chi connectivity index (χ2n) is 8.48. The quantitative estimate of drug-likeness (QED) is 0.568. The van der Waals surface area contributed by atoms with Gasteiger partial charge in [-0.25, -0.2) is 4.98 Å². The average molecular weight is 451 g/mol. The zero-order valence-corrected chi connectivity index (χ0v) is 19.0. The van der Waals surface area contributed by atoms with Crippen molar-refractivity contribution < 1.29 is 13.9 Å². The van der Waals surface area contributed by atoms with Crippen LogP contribution >= 0.6 is 0 Å². The molecule has 3 aromatic rings. The summed E-state index contributed by atoms with van der Waals surface area (Å²) in [6, 6.07) is 11.3. The first-order chi connectivity index (χ1) is 16.2. The van der Waals surface area contributed by atoms with Gasteiger partial charge in [0.15, 0.2) is 11.3 Å². The van der Waals surface area contributed by atoms with E-state index in [2.05, 4.69) is 25.8 Å². The molecular formula is C25H30N4O4. The summed E-state index contributed by atoms with van der Waals surface area (Å²) < 4.78 is 17.7. The van der Waals surface area contributed by atoms with Crippen molar-refractivity contribution >= 4 is 22.7 Å². The molecule has 0 aliphatic carbocycles. The van der Waals surface area contributed by atoms with Crippen molar-refractivity contribution in [1.82, 2.24) is 9.88 Å². The number of ether oxygens (including phenoxy) is 2. The molecule has 0 N–H and O–H groups in total. The van der Waals surface area contributed by atoms with Gasteiger partial charge in [0.2, 0.25) is 0 Å². The summed E-state index contributed by atoms with van der Waals surface area (Å²) in [7, 11) is 0. The first-order valence-electron chi connectivity index (χ1n) is 11.6. The van der Waals surface area contributed by atoms with E-state index in [-0.39, 0.29) is 5.43 Å². The normalized spacial score (nSPS) is 17.5. The molecule has 8 nitrogen and oxygen atoms in total. The number of anilines is 2. The van der Waals surface area contributed by atoms with Crippen molar-refractivity contribution in [3.63, 3.8) is 0 Å². The number of rotatable bonds is 6. The molecule has 2 fully saturated rings. The van der Waals surface area contributed by atoms with E-state index in [1.54, 1.807) is 12.1 Å². The highest BCUT2D eigenvalue weighted by molar-refractivity contribution is 5.82. The Bertz CT molecular complexity index is 1140. The van der Waals surface area contributed by atoms with Crippen LogP contribution in [0, 0.1) is 6.92 Å². The molecule has 1 aromatic carbocycles. The Morgan fingerprint density at radius 1 is 1.00 bits per heavy atom. The summed E-state index contributed by atoms with van der Waals surface area (Å²) in [6.07, 6.45) is 1.84. The van der Waals surface area contributed by atoms with Crippen molar-refractivity contribution in [2.45, 2.75) is 6.92 Å². The van der Waals surface area contributed by atoms with Gasteiger partial charge in [-0.1, -0.05) is 6.07 Å². The molecule has 2 aromatic heterocycles. The first-order valence-corrected chi connectivity index (χ1v) is 11.6. The fraction of sp³-hybridized carbons (Fsp3) is 0.440. The van der Waals surface area contributed by atoms with Crippen LogP contribution in [0.1, 0.15) is 5.56 Å². The van der Waals surface area contributed by atoms with E-state index in [0.29, 0.717) is 36.7 Å². The molecule has 2 aliphatic rings. The molecule has 0 saturated carbocycles. The number of pyridine rings is 1. The van der Waals surface area contributed by atoms with E-state index in [4.69, 9.17) is 13.9 Å². The summed E-state index contributed by atoms with van der Waals surface area (Å²) >= 11 is 0. The molecule has 8 heteroatoms. The molecule has 0 spiro atoms. The van der Waals surface area contributed by atoms with Crippen LogP contribution in [-0.2, 0) is 4.74 Å². The summed E-state index contributed by atoms with van der Waals surface area (Å²) in [5, 5.41) is 0.586. The number of benzene rings is 1. The number of aromatic nitrogens is 1. The Hall–Kier alpha value is -3.10. The SMILES string of the molecule is Cc1c(OCCN2CCN(c3ccccn3)CC2)ccc2c(=O)cc(N3CCOCC3)oc12. The lowest BCUT2D eigenvalue weighted by Gasteiger charge is -2.35. The number of aryl methyl sites for hydroxylation is 1. The van der Waals surface area contributed by atoms with E-state index in [9.17, 15) is 4.79 Å². The number of hydrogen-bond acceptors (Lipinski definition) is 8. The van der Waals surface area contributed by atoms with Gasteiger partial charge in [-0.15, -0.1) is 0 Å². The monoisotopic (exact) mass is 450 g/mol. The molecule has 0 atom stereocenters. The van der Waals surface area contributed by atoms with Crippen molar-refractivity contribution in [2.75, 3.05) is 75.4 Å². The molecule has 0 bridgehead atoms. The molecule has 2 saturated heterocycles. The van der Waals surface area contributed by atoms with Crippen LogP contribution in [0.2, 0.25) is 0 Å². The van der Waals surface area contributed by atoms with E-state index >= 15 is 0 Å². The van der Waals surface area contributed by atoms with Crippen molar-refractivity contribution in [3.8, 4) is 5.75 Å². The second-order valence-corrected chi connectivity index (χ2v) is 8.48. The van der Waals surface area contributed by atoms with Crippen LogP contribution in [0.25, 0.3) is 11.0 Å². The molecule has 0 unspecified atom stereocenters. The number of fused-ring (bicyclic) bond motifs is 1. The maximum absolute atomic E-state index is 12.7. The largest absolute Gasteiger partial charge is 0.492 e. The van der Waals surface area contributed by atoms with Crippen LogP contribution in [-0.4, -0.2) is 75.5 Å². The Kier molecular flexibility index (Phi) is 6.46. The lowest BCUT2D eigenvalue weighted by molar-refractivity contribution is 0.121. The minimum atomic E-state index is -0.0295. The van der Waals surface area contributed by atoms with Gasteiger partial charge in [0.05, 0.1) is 18.6 Å². The number of piperazine rings is 1. The number of hydrogen-bond donors (Lipinski definition) is 0. The third-order valence-corrected chi connectivity index (χ3v) is 6.42. The molecule has 4 heterocycles. The number of nitrogens with zero attached hydrogens (tertiary/aromatic N) is 4. The van der Waals surface area contributed by atoms with Gasteiger partial charge < -0.3 is 23.7 Å². The highest BCUT2D eigenvalue weighted by atomic mass is 16.5. The number of morpholine rings is 1. The minimum Gasteiger partial charge on any atom is -0.492 e. The van der Waals surface area contributed by atoms with Crippen LogP contribution in [0.4, 0.5) is 11.7 Å². The van der Waals surface area contributed by atoms with Crippen molar-refractivity contribution in [3.05, 3.63) is 58.4 Å². The van der Waals surface area contributed by atoms with Crippen molar-refractivity contribution in [2.24, 2.45) is 0 Å². The van der Waals surface area contributed by atoms with Gasteiger partial charge >= 0.3 is 0 Å². The molecule has 0 radical (unpaired) electrons.